The zero-order chi connectivity index (χ0) is 6.97. The van der Waals surface area contributed by atoms with Crippen LogP contribution < -0.4 is 0 Å². The Balaban J connectivity index is 2.50. The first-order valence-electron chi connectivity index (χ1n) is 3.58. The smallest absolute Gasteiger partial charge is 0.0635 e. The van der Waals surface area contributed by atoms with Crippen LogP contribution in [-0.4, -0.2) is 10.2 Å². The first-order chi connectivity index (χ1) is 4.88. The molecule has 0 saturated carbocycles. The van der Waals surface area contributed by atoms with Crippen molar-refractivity contribution in [2.45, 2.75) is 19.3 Å². The molecule has 1 aliphatic carbocycles. The predicted molar refractivity (Wildman–Crippen MR) is 40.6 cm³/mol. The standard InChI is InChI=1S/C8H10N2/c1-6-3-2-4-7-5-9-10-8(6)7/h5H,1-4H2,(H,9,10). The van der Waals surface area contributed by atoms with Gasteiger partial charge in [0.1, 0.15) is 0 Å². The lowest BCUT2D eigenvalue weighted by Gasteiger charge is -2.11. The maximum Gasteiger partial charge on any atom is 0.0635 e. The Labute approximate surface area is 60.0 Å². The van der Waals surface area contributed by atoms with Crippen molar-refractivity contribution in [2.24, 2.45) is 0 Å². The highest BCUT2D eigenvalue weighted by Crippen LogP contribution is 2.26. The lowest BCUT2D eigenvalue weighted by atomic mass is 9.95. The van der Waals surface area contributed by atoms with Gasteiger partial charge in [0.2, 0.25) is 0 Å². The lowest BCUT2D eigenvalue weighted by Crippen LogP contribution is -1.98. The second kappa shape index (κ2) is 1.97. The molecule has 0 fully saturated rings. The minimum Gasteiger partial charge on any atom is -0.278 e. The van der Waals surface area contributed by atoms with Crippen LogP contribution in [0.15, 0.2) is 12.8 Å². The van der Waals surface area contributed by atoms with Gasteiger partial charge in [-0.05, 0) is 30.4 Å². The van der Waals surface area contributed by atoms with Gasteiger partial charge in [-0.15, -0.1) is 0 Å². The van der Waals surface area contributed by atoms with Gasteiger partial charge < -0.3 is 0 Å². The number of H-pyrrole nitrogens is 1. The van der Waals surface area contributed by atoms with Gasteiger partial charge in [-0.25, -0.2) is 0 Å². The number of aryl methyl sites for hydroxylation is 1. The highest BCUT2D eigenvalue weighted by Gasteiger charge is 2.12. The summed E-state index contributed by atoms with van der Waals surface area (Å²) in [5.41, 5.74) is 3.71. The number of fused-ring (bicyclic) bond motifs is 1. The average molecular weight is 134 g/mol. The van der Waals surface area contributed by atoms with Crippen molar-refractivity contribution in [1.82, 2.24) is 10.2 Å². The number of hydrogen-bond donors (Lipinski definition) is 1. The molecule has 1 aliphatic rings. The van der Waals surface area contributed by atoms with Gasteiger partial charge in [-0.1, -0.05) is 6.58 Å². The number of hydrogen-bond acceptors (Lipinski definition) is 1. The SMILES string of the molecule is C=C1CCCc2cn[nH]c21. The Morgan fingerprint density at radius 3 is 3.20 bits per heavy atom. The molecule has 0 unspecified atom stereocenters. The largest absolute Gasteiger partial charge is 0.278 e. The molecule has 0 radical (unpaired) electrons. The predicted octanol–water partition coefficient (Wildman–Crippen LogP) is 1.76. The number of allylic oxidation sites excluding steroid dienone is 1. The fourth-order valence-electron chi connectivity index (χ4n) is 1.42. The molecule has 1 heterocycles. The third-order valence-corrected chi connectivity index (χ3v) is 2.00. The van der Waals surface area contributed by atoms with Gasteiger partial charge in [0.05, 0.1) is 11.9 Å². The monoisotopic (exact) mass is 134 g/mol. The van der Waals surface area contributed by atoms with Crippen LogP contribution in [0.25, 0.3) is 5.57 Å². The quantitative estimate of drug-likeness (QED) is 0.575. The van der Waals surface area contributed by atoms with Crippen LogP contribution in [-0.2, 0) is 6.42 Å². The summed E-state index contributed by atoms with van der Waals surface area (Å²) in [6.45, 7) is 3.96. The highest BCUT2D eigenvalue weighted by atomic mass is 15.1. The molecule has 1 aromatic rings. The molecule has 0 spiro atoms. The average Bonchev–Trinajstić information content (AvgIpc) is 2.36. The van der Waals surface area contributed by atoms with E-state index in [9.17, 15) is 0 Å². The van der Waals surface area contributed by atoms with E-state index < -0.39 is 0 Å². The fourth-order valence-corrected chi connectivity index (χ4v) is 1.42. The van der Waals surface area contributed by atoms with Crippen LogP contribution in [0, 0.1) is 0 Å². The van der Waals surface area contributed by atoms with Crippen LogP contribution in [0.5, 0.6) is 0 Å². The van der Waals surface area contributed by atoms with E-state index in [0.717, 1.165) is 12.8 Å². The van der Waals surface area contributed by atoms with Crippen molar-refractivity contribution in [3.05, 3.63) is 24.0 Å². The summed E-state index contributed by atoms with van der Waals surface area (Å²) < 4.78 is 0. The van der Waals surface area contributed by atoms with Gasteiger partial charge in [-0.2, -0.15) is 5.10 Å². The molecule has 0 aliphatic heterocycles. The van der Waals surface area contributed by atoms with Crippen molar-refractivity contribution < 1.29 is 0 Å². The molecule has 2 heteroatoms. The summed E-state index contributed by atoms with van der Waals surface area (Å²) in [6, 6.07) is 0. The van der Waals surface area contributed by atoms with Crippen molar-refractivity contribution in [1.29, 1.82) is 0 Å². The molecule has 1 aromatic heterocycles. The first kappa shape index (κ1) is 5.71. The molecular weight excluding hydrogens is 124 g/mol. The molecule has 10 heavy (non-hydrogen) atoms. The number of rotatable bonds is 0. The summed E-state index contributed by atoms with van der Waals surface area (Å²) >= 11 is 0. The summed E-state index contributed by atoms with van der Waals surface area (Å²) in [4.78, 5) is 0. The summed E-state index contributed by atoms with van der Waals surface area (Å²) in [7, 11) is 0. The van der Waals surface area contributed by atoms with Crippen molar-refractivity contribution in [2.75, 3.05) is 0 Å². The molecule has 1 N–H and O–H groups in total. The van der Waals surface area contributed by atoms with E-state index in [1.54, 1.807) is 0 Å². The first-order valence-corrected chi connectivity index (χ1v) is 3.58. The number of nitrogens with zero attached hydrogens (tertiary/aromatic N) is 1. The number of aromatic amines is 1. The van der Waals surface area contributed by atoms with Crippen molar-refractivity contribution >= 4 is 5.57 Å². The van der Waals surface area contributed by atoms with Crippen LogP contribution in [0.4, 0.5) is 0 Å². The van der Waals surface area contributed by atoms with Crippen LogP contribution in [0.2, 0.25) is 0 Å². The van der Waals surface area contributed by atoms with Gasteiger partial charge in [0.25, 0.3) is 0 Å². The Bertz CT molecular complexity index is 260. The van der Waals surface area contributed by atoms with Crippen molar-refractivity contribution in [3.8, 4) is 0 Å². The van der Waals surface area contributed by atoms with E-state index in [2.05, 4.69) is 16.8 Å². The maximum absolute atomic E-state index is 3.97. The normalized spacial score (nSPS) is 17.0. The van der Waals surface area contributed by atoms with Crippen LogP contribution in [0.3, 0.4) is 0 Å². The maximum atomic E-state index is 3.97. The van der Waals surface area contributed by atoms with Gasteiger partial charge >= 0.3 is 0 Å². The number of aromatic nitrogens is 2. The molecule has 0 bridgehead atoms. The Hall–Kier alpha value is -1.05. The molecule has 2 rings (SSSR count). The zero-order valence-corrected chi connectivity index (χ0v) is 5.85. The second-order valence-corrected chi connectivity index (χ2v) is 2.73. The lowest BCUT2D eigenvalue weighted by molar-refractivity contribution is 0.820. The third-order valence-electron chi connectivity index (χ3n) is 2.00. The fraction of sp³-hybridized carbons (Fsp3) is 0.375. The van der Waals surface area contributed by atoms with E-state index in [0.29, 0.717) is 0 Å². The molecule has 0 aromatic carbocycles. The molecule has 2 nitrogen and oxygen atoms in total. The minimum absolute atomic E-state index is 1.12. The van der Waals surface area contributed by atoms with E-state index in [-0.39, 0.29) is 0 Å². The topological polar surface area (TPSA) is 28.7 Å². The molecular formula is C8H10N2. The van der Waals surface area contributed by atoms with E-state index >= 15 is 0 Å². The summed E-state index contributed by atoms with van der Waals surface area (Å²) in [5.74, 6) is 0. The molecule has 0 atom stereocenters. The van der Waals surface area contributed by atoms with Crippen LogP contribution >= 0.6 is 0 Å². The van der Waals surface area contributed by atoms with Gasteiger partial charge in [0.15, 0.2) is 0 Å². The molecule has 0 amide bonds. The third kappa shape index (κ3) is 0.685. The zero-order valence-electron chi connectivity index (χ0n) is 5.85. The number of nitrogens with one attached hydrogen (secondary N) is 1. The van der Waals surface area contributed by atoms with Gasteiger partial charge in [-0.3, -0.25) is 5.10 Å². The second-order valence-electron chi connectivity index (χ2n) is 2.73. The van der Waals surface area contributed by atoms with Crippen LogP contribution in [0.1, 0.15) is 24.1 Å². The summed E-state index contributed by atoms with van der Waals surface area (Å²) in [5, 5.41) is 6.93. The molecule has 52 valence electrons. The summed E-state index contributed by atoms with van der Waals surface area (Å²) in [6.07, 6.45) is 5.41. The Morgan fingerprint density at radius 2 is 2.40 bits per heavy atom. The van der Waals surface area contributed by atoms with Crippen molar-refractivity contribution in [3.63, 3.8) is 0 Å². The molecule has 0 saturated heterocycles. The van der Waals surface area contributed by atoms with E-state index in [1.807, 2.05) is 6.20 Å². The van der Waals surface area contributed by atoms with E-state index in [4.69, 9.17) is 0 Å². The Morgan fingerprint density at radius 1 is 1.50 bits per heavy atom. The minimum atomic E-state index is 1.12. The van der Waals surface area contributed by atoms with E-state index in [1.165, 1.54) is 23.3 Å². The highest BCUT2D eigenvalue weighted by molar-refractivity contribution is 5.64. The Kier molecular flexibility index (Phi) is 1.13. The van der Waals surface area contributed by atoms with Gasteiger partial charge in [0, 0.05) is 0 Å².